The zero-order valence-electron chi connectivity index (χ0n) is 14.5. The van der Waals surface area contributed by atoms with E-state index in [4.69, 9.17) is 0 Å². The third-order valence-corrected chi connectivity index (χ3v) is 6.70. The molecule has 0 bridgehead atoms. The van der Waals surface area contributed by atoms with Crippen LogP contribution in [0.2, 0.25) is 0 Å². The molecule has 0 aliphatic rings. The van der Waals surface area contributed by atoms with Gasteiger partial charge in [-0.2, -0.15) is 0 Å². The van der Waals surface area contributed by atoms with Crippen LogP contribution in [0, 0.1) is 20.8 Å². The third-order valence-electron chi connectivity index (χ3n) is 3.83. The normalized spacial score (nSPS) is 11.0. The van der Waals surface area contributed by atoms with Crippen LogP contribution < -0.4 is 5.32 Å². The zero-order valence-corrected chi connectivity index (χ0v) is 17.0. The highest BCUT2D eigenvalue weighted by molar-refractivity contribution is 8.00. The fraction of sp³-hybridized carbons (Fsp3) is 0.278. The standard InChI is InChI=1S/C18H19N3OS3/c1-10-11(2)25-18-16(10)17(19-12(3)20-18)24-9-15(22)21-13-7-5-6-8-14(13)23-4/h5-8H,9H2,1-4H3,(H,21,22). The van der Waals surface area contributed by atoms with Gasteiger partial charge in [-0.05, 0) is 44.7 Å². The lowest BCUT2D eigenvalue weighted by molar-refractivity contribution is -0.113. The van der Waals surface area contributed by atoms with E-state index >= 15 is 0 Å². The maximum atomic E-state index is 12.4. The predicted molar refractivity (Wildman–Crippen MR) is 109 cm³/mol. The number of fused-ring (bicyclic) bond motifs is 1. The van der Waals surface area contributed by atoms with Crippen LogP contribution in [0.15, 0.2) is 34.2 Å². The minimum atomic E-state index is -0.0273. The van der Waals surface area contributed by atoms with Crippen molar-refractivity contribution in [1.29, 1.82) is 0 Å². The van der Waals surface area contributed by atoms with Crippen molar-refractivity contribution < 1.29 is 4.79 Å². The Bertz CT molecular complexity index is 937. The molecule has 0 radical (unpaired) electrons. The Hall–Kier alpha value is -1.57. The lowest BCUT2D eigenvalue weighted by Crippen LogP contribution is -2.14. The molecule has 1 N–H and O–H groups in total. The molecule has 0 saturated carbocycles. The summed E-state index contributed by atoms with van der Waals surface area (Å²) in [6, 6.07) is 7.83. The fourth-order valence-electron chi connectivity index (χ4n) is 2.49. The Labute approximate surface area is 159 Å². The largest absolute Gasteiger partial charge is 0.324 e. The van der Waals surface area contributed by atoms with E-state index in [0.717, 1.165) is 31.6 Å². The maximum Gasteiger partial charge on any atom is 0.234 e. The highest BCUT2D eigenvalue weighted by Crippen LogP contribution is 2.35. The number of carbonyl (C=O) groups is 1. The molecule has 2 heterocycles. The monoisotopic (exact) mass is 389 g/mol. The molecule has 2 aromatic heterocycles. The van der Waals surface area contributed by atoms with Gasteiger partial charge in [-0.3, -0.25) is 4.79 Å². The molecule has 0 aliphatic heterocycles. The molecular formula is C18H19N3OS3. The topological polar surface area (TPSA) is 54.9 Å². The van der Waals surface area contributed by atoms with Crippen LogP contribution in [-0.2, 0) is 4.79 Å². The number of benzene rings is 1. The van der Waals surface area contributed by atoms with Crippen LogP contribution in [0.4, 0.5) is 5.69 Å². The Morgan fingerprint density at radius 2 is 1.96 bits per heavy atom. The lowest BCUT2D eigenvalue weighted by atomic mass is 10.2. The Balaban J connectivity index is 1.77. The van der Waals surface area contributed by atoms with E-state index in [-0.39, 0.29) is 5.91 Å². The molecule has 0 aliphatic carbocycles. The van der Waals surface area contributed by atoms with Crippen molar-refractivity contribution in [2.24, 2.45) is 0 Å². The van der Waals surface area contributed by atoms with Gasteiger partial charge in [0.05, 0.1) is 11.4 Å². The smallest absolute Gasteiger partial charge is 0.234 e. The average Bonchev–Trinajstić information content (AvgIpc) is 2.87. The molecular weight excluding hydrogens is 370 g/mol. The summed E-state index contributed by atoms with van der Waals surface area (Å²) >= 11 is 4.77. The van der Waals surface area contributed by atoms with E-state index in [1.54, 1.807) is 23.1 Å². The number of carbonyl (C=O) groups excluding carboxylic acids is 1. The number of anilines is 1. The molecule has 4 nitrogen and oxygen atoms in total. The number of para-hydroxylation sites is 1. The molecule has 0 fully saturated rings. The Kier molecular flexibility index (Phi) is 5.66. The zero-order chi connectivity index (χ0) is 18.0. The van der Waals surface area contributed by atoms with Crippen LogP contribution >= 0.6 is 34.9 Å². The Morgan fingerprint density at radius 1 is 1.20 bits per heavy atom. The van der Waals surface area contributed by atoms with Gasteiger partial charge in [-0.1, -0.05) is 23.9 Å². The maximum absolute atomic E-state index is 12.4. The summed E-state index contributed by atoms with van der Waals surface area (Å²) in [4.78, 5) is 24.8. The number of hydrogen-bond acceptors (Lipinski definition) is 6. The minimum Gasteiger partial charge on any atom is -0.324 e. The van der Waals surface area contributed by atoms with Crippen molar-refractivity contribution >= 4 is 56.7 Å². The highest BCUT2D eigenvalue weighted by atomic mass is 32.2. The van der Waals surface area contributed by atoms with Gasteiger partial charge in [0.1, 0.15) is 15.7 Å². The van der Waals surface area contributed by atoms with Gasteiger partial charge in [0.15, 0.2) is 0 Å². The number of nitrogens with zero attached hydrogens (tertiary/aromatic N) is 2. The van der Waals surface area contributed by atoms with Crippen molar-refractivity contribution in [2.45, 2.75) is 30.7 Å². The van der Waals surface area contributed by atoms with Crippen molar-refractivity contribution in [3.63, 3.8) is 0 Å². The van der Waals surface area contributed by atoms with Gasteiger partial charge in [0.2, 0.25) is 5.91 Å². The van der Waals surface area contributed by atoms with E-state index < -0.39 is 0 Å². The number of aromatic nitrogens is 2. The first-order chi connectivity index (χ1) is 12.0. The second kappa shape index (κ2) is 7.76. The predicted octanol–water partition coefficient (Wildman–Crippen LogP) is 5.07. The van der Waals surface area contributed by atoms with E-state index in [2.05, 4.69) is 29.1 Å². The summed E-state index contributed by atoms with van der Waals surface area (Å²) in [5, 5.41) is 4.96. The fourth-order valence-corrected chi connectivity index (χ4v) is 5.11. The Morgan fingerprint density at radius 3 is 2.72 bits per heavy atom. The number of nitrogens with one attached hydrogen (secondary N) is 1. The summed E-state index contributed by atoms with van der Waals surface area (Å²) < 4.78 is 0. The molecule has 1 aromatic carbocycles. The van der Waals surface area contributed by atoms with Crippen molar-refractivity contribution in [2.75, 3.05) is 17.3 Å². The van der Waals surface area contributed by atoms with E-state index in [0.29, 0.717) is 5.75 Å². The van der Waals surface area contributed by atoms with Gasteiger partial charge in [-0.15, -0.1) is 23.1 Å². The second-order valence-corrected chi connectivity index (χ2v) is 8.59. The molecule has 3 aromatic rings. The number of rotatable bonds is 5. The molecule has 0 unspecified atom stereocenters. The molecule has 7 heteroatoms. The summed E-state index contributed by atoms with van der Waals surface area (Å²) in [6.45, 7) is 6.08. The first kappa shape index (κ1) is 18.2. The molecule has 1 amide bonds. The molecule has 3 rings (SSSR count). The van der Waals surface area contributed by atoms with Gasteiger partial charge in [0, 0.05) is 15.2 Å². The van der Waals surface area contributed by atoms with Crippen LogP contribution in [0.1, 0.15) is 16.3 Å². The first-order valence-corrected chi connectivity index (χ1v) is 10.8. The minimum absolute atomic E-state index is 0.0273. The first-order valence-electron chi connectivity index (χ1n) is 7.79. The quantitative estimate of drug-likeness (QED) is 0.488. The molecule has 0 spiro atoms. The molecule has 0 saturated heterocycles. The van der Waals surface area contributed by atoms with Crippen LogP contribution in [0.5, 0.6) is 0 Å². The number of thiophene rings is 1. The van der Waals surface area contributed by atoms with Gasteiger partial charge in [0.25, 0.3) is 0 Å². The molecule has 0 atom stereocenters. The van der Waals surface area contributed by atoms with Gasteiger partial charge >= 0.3 is 0 Å². The number of thioether (sulfide) groups is 2. The van der Waals surface area contributed by atoms with Crippen molar-refractivity contribution in [3.05, 3.63) is 40.5 Å². The summed E-state index contributed by atoms with van der Waals surface area (Å²) in [6.07, 6.45) is 2.00. The second-order valence-electron chi connectivity index (χ2n) is 5.58. The van der Waals surface area contributed by atoms with Gasteiger partial charge in [-0.25, -0.2) is 9.97 Å². The average molecular weight is 390 g/mol. The summed E-state index contributed by atoms with van der Waals surface area (Å²) in [5.41, 5.74) is 2.06. The van der Waals surface area contributed by atoms with E-state index in [1.807, 2.05) is 37.4 Å². The summed E-state index contributed by atoms with van der Waals surface area (Å²) in [5.74, 6) is 1.03. The number of aryl methyl sites for hydroxylation is 3. The van der Waals surface area contributed by atoms with Crippen molar-refractivity contribution in [1.82, 2.24) is 9.97 Å². The van der Waals surface area contributed by atoms with Crippen LogP contribution in [-0.4, -0.2) is 27.9 Å². The summed E-state index contributed by atoms with van der Waals surface area (Å²) in [7, 11) is 0. The van der Waals surface area contributed by atoms with Crippen LogP contribution in [0.25, 0.3) is 10.2 Å². The molecule has 25 heavy (non-hydrogen) atoms. The SMILES string of the molecule is CSc1ccccc1NC(=O)CSc1nc(C)nc2sc(C)c(C)c12. The van der Waals surface area contributed by atoms with Crippen LogP contribution in [0.3, 0.4) is 0 Å². The molecule has 130 valence electrons. The number of amides is 1. The highest BCUT2D eigenvalue weighted by Gasteiger charge is 2.15. The van der Waals surface area contributed by atoms with E-state index in [9.17, 15) is 4.79 Å². The van der Waals surface area contributed by atoms with Gasteiger partial charge < -0.3 is 5.32 Å². The van der Waals surface area contributed by atoms with E-state index in [1.165, 1.54) is 22.2 Å². The third kappa shape index (κ3) is 3.99. The lowest BCUT2D eigenvalue weighted by Gasteiger charge is -2.09. The van der Waals surface area contributed by atoms with Crippen molar-refractivity contribution in [3.8, 4) is 0 Å². The number of hydrogen-bond donors (Lipinski definition) is 1.